The van der Waals surface area contributed by atoms with Crippen molar-refractivity contribution in [1.29, 1.82) is 0 Å². The van der Waals surface area contributed by atoms with Crippen molar-refractivity contribution >= 4 is 23.3 Å². The monoisotopic (exact) mass is 406 g/mol. The average molecular weight is 407 g/mol. The Morgan fingerprint density at radius 1 is 0.900 bits per heavy atom. The molecule has 2 amide bonds. The van der Waals surface area contributed by atoms with Gasteiger partial charge in [0.1, 0.15) is 5.82 Å². The van der Waals surface area contributed by atoms with Gasteiger partial charge in [-0.2, -0.15) is 0 Å². The third kappa shape index (κ3) is 4.99. The number of carbonyl (C=O) groups is 2. The standard InChI is InChI=1S/C24H30N4O2/c29-22(26-20-8-2-1-3-9-20)18-24(11-5-6-12-24)19-23(30)28-16-14-27(15-17-28)21-10-4-7-13-25-21/h1-4,7-10,13H,5-6,11-12,14-19H2,(H,26,29). The highest BCUT2D eigenvalue weighted by molar-refractivity contribution is 5.91. The van der Waals surface area contributed by atoms with Crippen molar-refractivity contribution in [3.05, 3.63) is 54.7 Å². The maximum absolute atomic E-state index is 13.1. The van der Waals surface area contributed by atoms with Crippen molar-refractivity contribution in [3.8, 4) is 0 Å². The second-order valence-electron chi connectivity index (χ2n) is 8.53. The summed E-state index contributed by atoms with van der Waals surface area (Å²) in [6.07, 6.45) is 6.79. The Bertz CT molecular complexity index is 842. The van der Waals surface area contributed by atoms with Crippen molar-refractivity contribution in [2.45, 2.75) is 38.5 Å². The van der Waals surface area contributed by atoms with Crippen LogP contribution in [-0.4, -0.2) is 47.9 Å². The van der Waals surface area contributed by atoms with Crippen LogP contribution in [0.2, 0.25) is 0 Å². The lowest BCUT2D eigenvalue weighted by atomic mass is 9.78. The second kappa shape index (κ2) is 9.28. The summed E-state index contributed by atoms with van der Waals surface area (Å²) >= 11 is 0. The zero-order valence-corrected chi connectivity index (χ0v) is 17.4. The maximum Gasteiger partial charge on any atom is 0.224 e. The van der Waals surface area contributed by atoms with Gasteiger partial charge >= 0.3 is 0 Å². The molecular weight excluding hydrogens is 376 g/mol. The van der Waals surface area contributed by atoms with E-state index in [0.717, 1.165) is 50.3 Å². The molecule has 2 aliphatic rings. The van der Waals surface area contributed by atoms with Gasteiger partial charge in [0.05, 0.1) is 0 Å². The number of carbonyl (C=O) groups excluding carboxylic acids is 2. The molecule has 158 valence electrons. The summed E-state index contributed by atoms with van der Waals surface area (Å²) in [6, 6.07) is 15.5. The minimum Gasteiger partial charge on any atom is -0.353 e. The fraction of sp³-hybridized carbons (Fsp3) is 0.458. The summed E-state index contributed by atoms with van der Waals surface area (Å²) in [5.41, 5.74) is 0.612. The Kier molecular flexibility index (Phi) is 6.31. The SMILES string of the molecule is O=C(CC1(CC(=O)N2CCN(c3ccccn3)CC2)CCCC1)Nc1ccccc1. The highest BCUT2D eigenvalue weighted by Crippen LogP contribution is 2.44. The highest BCUT2D eigenvalue weighted by Gasteiger charge is 2.39. The van der Waals surface area contributed by atoms with Crippen LogP contribution in [-0.2, 0) is 9.59 Å². The van der Waals surface area contributed by atoms with E-state index in [0.29, 0.717) is 25.9 Å². The highest BCUT2D eigenvalue weighted by atomic mass is 16.2. The van der Waals surface area contributed by atoms with E-state index in [2.05, 4.69) is 15.2 Å². The Labute approximate surface area is 178 Å². The van der Waals surface area contributed by atoms with Gasteiger partial charge in [-0.25, -0.2) is 4.98 Å². The second-order valence-corrected chi connectivity index (χ2v) is 8.53. The number of pyridine rings is 1. The molecule has 1 aliphatic carbocycles. The van der Waals surface area contributed by atoms with E-state index in [1.165, 1.54) is 0 Å². The number of aromatic nitrogens is 1. The molecule has 4 rings (SSSR count). The molecule has 1 saturated heterocycles. The fourth-order valence-corrected chi connectivity index (χ4v) is 4.77. The first kappa shape index (κ1) is 20.4. The van der Waals surface area contributed by atoms with Crippen LogP contribution in [0, 0.1) is 5.41 Å². The smallest absolute Gasteiger partial charge is 0.224 e. The van der Waals surface area contributed by atoms with E-state index in [-0.39, 0.29) is 17.2 Å². The predicted octanol–water partition coefficient (Wildman–Crippen LogP) is 3.71. The summed E-state index contributed by atoms with van der Waals surface area (Å²) < 4.78 is 0. The molecule has 0 spiro atoms. The molecule has 6 heteroatoms. The Hall–Kier alpha value is -2.89. The average Bonchev–Trinajstić information content (AvgIpc) is 3.22. The Morgan fingerprint density at radius 2 is 1.60 bits per heavy atom. The number of amides is 2. The van der Waals surface area contributed by atoms with E-state index in [1.807, 2.05) is 53.4 Å². The van der Waals surface area contributed by atoms with Crippen molar-refractivity contribution in [1.82, 2.24) is 9.88 Å². The minimum absolute atomic E-state index is 0.0101. The first-order chi connectivity index (χ1) is 14.6. The fourth-order valence-electron chi connectivity index (χ4n) is 4.77. The molecule has 0 atom stereocenters. The van der Waals surface area contributed by atoms with Crippen molar-refractivity contribution < 1.29 is 9.59 Å². The number of hydrogen-bond acceptors (Lipinski definition) is 4. The van der Waals surface area contributed by atoms with Crippen LogP contribution in [0.1, 0.15) is 38.5 Å². The molecule has 1 N–H and O–H groups in total. The normalized spacial score (nSPS) is 18.3. The van der Waals surface area contributed by atoms with Gasteiger partial charge in [0.15, 0.2) is 0 Å². The molecule has 6 nitrogen and oxygen atoms in total. The summed E-state index contributed by atoms with van der Waals surface area (Å²) in [6.45, 7) is 3.01. The number of piperazine rings is 1. The maximum atomic E-state index is 13.1. The quantitative estimate of drug-likeness (QED) is 0.794. The molecule has 0 bridgehead atoms. The van der Waals surface area contributed by atoms with Crippen LogP contribution in [0.4, 0.5) is 11.5 Å². The van der Waals surface area contributed by atoms with Crippen LogP contribution in [0.25, 0.3) is 0 Å². The van der Waals surface area contributed by atoms with Gasteiger partial charge in [-0.05, 0) is 42.5 Å². The van der Waals surface area contributed by atoms with E-state index in [9.17, 15) is 9.59 Å². The largest absolute Gasteiger partial charge is 0.353 e. The van der Waals surface area contributed by atoms with E-state index < -0.39 is 0 Å². The topological polar surface area (TPSA) is 65.5 Å². The van der Waals surface area contributed by atoms with Gasteiger partial charge in [0, 0.05) is 50.9 Å². The van der Waals surface area contributed by atoms with Gasteiger partial charge in [-0.3, -0.25) is 9.59 Å². The van der Waals surface area contributed by atoms with E-state index >= 15 is 0 Å². The third-order valence-electron chi connectivity index (χ3n) is 6.39. The molecule has 30 heavy (non-hydrogen) atoms. The van der Waals surface area contributed by atoms with Crippen molar-refractivity contribution in [2.75, 3.05) is 36.4 Å². The summed E-state index contributed by atoms with van der Waals surface area (Å²) in [7, 11) is 0. The van der Waals surface area contributed by atoms with E-state index in [1.54, 1.807) is 6.20 Å². The number of benzene rings is 1. The van der Waals surface area contributed by atoms with Crippen molar-refractivity contribution in [2.24, 2.45) is 5.41 Å². The zero-order valence-electron chi connectivity index (χ0n) is 17.4. The number of hydrogen-bond donors (Lipinski definition) is 1. The number of nitrogens with zero attached hydrogens (tertiary/aromatic N) is 3. The summed E-state index contributed by atoms with van der Waals surface area (Å²) in [4.78, 5) is 34.4. The molecular formula is C24H30N4O2. The molecule has 1 aromatic carbocycles. The molecule has 0 radical (unpaired) electrons. The zero-order chi connectivity index (χ0) is 20.8. The molecule has 1 aliphatic heterocycles. The van der Waals surface area contributed by atoms with Gasteiger partial charge in [0.2, 0.25) is 11.8 Å². The van der Waals surface area contributed by atoms with Gasteiger partial charge in [0.25, 0.3) is 0 Å². The van der Waals surface area contributed by atoms with Gasteiger partial charge in [-0.1, -0.05) is 37.1 Å². The number of rotatable bonds is 6. The summed E-state index contributed by atoms with van der Waals surface area (Å²) in [5, 5.41) is 2.99. The Morgan fingerprint density at radius 3 is 2.27 bits per heavy atom. The lowest BCUT2D eigenvalue weighted by molar-refractivity contribution is -0.134. The van der Waals surface area contributed by atoms with Crippen LogP contribution in [0.3, 0.4) is 0 Å². The van der Waals surface area contributed by atoms with Crippen LogP contribution in [0.5, 0.6) is 0 Å². The molecule has 0 unspecified atom stereocenters. The summed E-state index contributed by atoms with van der Waals surface area (Å²) in [5.74, 6) is 1.16. The van der Waals surface area contributed by atoms with Crippen LogP contribution >= 0.6 is 0 Å². The first-order valence-electron chi connectivity index (χ1n) is 10.9. The lowest BCUT2D eigenvalue weighted by Crippen LogP contribution is -2.50. The minimum atomic E-state index is -0.200. The van der Waals surface area contributed by atoms with Gasteiger partial charge in [-0.15, -0.1) is 0 Å². The lowest BCUT2D eigenvalue weighted by Gasteiger charge is -2.37. The number of para-hydroxylation sites is 1. The molecule has 2 fully saturated rings. The van der Waals surface area contributed by atoms with E-state index in [4.69, 9.17) is 0 Å². The van der Waals surface area contributed by atoms with Crippen LogP contribution < -0.4 is 10.2 Å². The first-order valence-corrected chi connectivity index (χ1v) is 10.9. The van der Waals surface area contributed by atoms with Crippen molar-refractivity contribution in [3.63, 3.8) is 0 Å². The molecule has 1 saturated carbocycles. The molecule has 1 aromatic heterocycles. The third-order valence-corrected chi connectivity index (χ3v) is 6.39. The number of nitrogens with one attached hydrogen (secondary N) is 1. The Balaban J connectivity index is 1.33. The predicted molar refractivity (Wildman–Crippen MR) is 118 cm³/mol. The van der Waals surface area contributed by atoms with Gasteiger partial charge < -0.3 is 15.1 Å². The van der Waals surface area contributed by atoms with Crippen LogP contribution in [0.15, 0.2) is 54.7 Å². The number of anilines is 2. The molecule has 2 aromatic rings. The molecule has 2 heterocycles.